The molecule has 0 aliphatic carbocycles. The average molecular weight is 417 g/mol. The molecule has 0 radical (unpaired) electrons. The Bertz CT molecular complexity index is 1280. The van der Waals surface area contributed by atoms with Crippen LogP contribution in [0.5, 0.6) is 0 Å². The third-order valence-electron chi connectivity index (χ3n) is 4.82. The summed E-state index contributed by atoms with van der Waals surface area (Å²) in [5, 5.41) is 11.0. The fourth-order valence-electron chi connectivity index (χ4n) is 3.40. The van der Waals surface area contributed by atoms with Crippen molar-refractivity contribution in [1.29, 1.82) is 0 Å². The quantitative estimate of drug-likeness (QED) is 0.710. The SMILES string of the molecule is O=C1NC(SCc2ccccc2F)=NN2C1=c1ccccc1=NC2c1cccnc1. The van der Waals surface area contributed by atoms with Crippen LogP contribution in [0.2, 0.25) is 0 Å². The maximum absolute atomic E-state index is 14.0. The summed E-state index contributed by atoms with van der Waals surface area (Å²) in [6, 6.07) is 17.8. The molecule has 30 heavy (non-hydrogen) atoms. The third kappa shape index (κ3) is 3.35. The number of rotatable bonds is 3. The van der Waals surface area contributed by atoms with E-state index >= 15 is 0 Å². The van der Waals surface area contributed by atoms with Gasteiger partial charge in [0.25, 0.3) is 5.91 Å². The number of hydrogen-bond acceptors (Lipinski definition) is 6. The van der Waals surface area contributed by atoms with E-state index in [9.17, 15) is 9.18 Å². The second-order valence-corrected chi connectivity index (χ2v) is 7.70. The molecule has 2 aliphatic heterocycles. The summed E-state index contributed by atoms with van der Waals surface area (Å²) in [7, 11) is 0. The fraction of sp³-hybridized carbons (Fsp3) is 0.0909. The van der Waals surface area contributed by atoms with E-state index in [1.165, 1.54) is 17.8 Å². The normalized spacial score (nSPS) is 17.4. The van der Waals surface area contributed by atoms with E-state index in [1.807, 2.05) is 36.4 Å². The molecule has 3 aromatic rings. The van der Waals surface area contributed by atoms with Crippen LogP contribution in [0.1, 0.15) is 17.3 Å². The number of carbonyl (C=O) groups is 1. The predicted molar refractivity (Wildman–Crippen MR) is 113 cm³/mol. The molecule has 6 nitrogen and oxygen atoms in total. The van der Waals surface area contributed by atoms with E-state index in [0.29, 0.717) is 22.2 Å². The highest BCUT2D eigenvalue weighted by Gasteiger charge is 2.34. The van der Waals surface area contributed by atoms with Crippen molar-refractivity contribution in [1.82, 2.24) is 15.3 Å². The van der Waals surface area contributed by atoms with Crippen molar-refractivity contribution in [2.45, 2.75) is 11.9 Å². The maximum atomic E-state index is 14.0. The lowest BCUT2D eigenvalue weighted by molar-refractivity contribution is -0.116. The van der Waals surface area contributed by atoms with Crippen LogP contribution in [0.15, 0.2) is 83.2 Å². The highest BCUT2D eigenvalue weighted by molar-refractivity contribution is 8.13. The van der Waals surface area contributed by atoms with Crippen LogP contribution in [-0.4, -0.2) is 21.1 Å². The first-order chi connectivity index (χ1) is 14.7. The van der Waals surface area contributed by atoms with Crippen LogP contribution in [-0.2, 0) is 10.5 Å². The van der Waals surface area contributed by atoms with Gasteiger partial charge in [0.15, 0.2) is 11.3 Å². The Morgan fingerprint density at radius 1 is 1.07 bits per heavy atom. The number of thioether (sulfide) groups is 1. The summed E-state index contributed by atoms with van der Waals surface area (Å²) < 4.78 is 14.0. The number of para-hydroxylation sites is 1. The van der Waals surface area contributed by atoms with E-state index in [2.05, 4.69) is 15.4 Å². The molecule has 1 unspecified atom stereocenters. The molecule has 0 saturated heterocycles. The van der Waals surface area contributed by atoms with Crippen molar-refractivity contribution >= 4 is 28.5 Å². The van der Waals surface area contributed by atoms with Gasteiger partial charge in [0.05, 0.1) is 5.36 Å². The number of hydrazone groups is 1. The second-order valence-electron chi connectivity index (χ2n) is 6.74. The van der Waals surface area contributed by atoms with Gasteiger partial charge < -0.3 is 0 Å². The van der Waals surface area contributed by atoms with Crippen LogP contribution in [0, 0.1) is 5.82 Å². The molecule has 148 valence electrons. The Kier molecular flexibility index (Phi) is 4.76. The molecule has 8 heteroatoms. The summed E-state index contributed by atoms with van der Waals surface area (Å²) >= 11 is 1.27. The molecule has 2 aliphatic rings. The zero-order chi connectivity index (χ0) is 20.5. The number of pyridine rings is 1. The first-order valence-electron chi connectivity index (χ1n) is 9.33. The molecule has 0 saturated carbocycles. The lowest BCUT2D eigenvalue weighted by Crippen LogP contribution is -2.50. The van der Waals surface area contributed by atoms with Gasteiger partial charge in [0, 0.05) is 28.9 Å². The Balaban J connectivity index is 1.56. The Morgan fingerprint density at radius 3 is 2.73 bits per heavy atom. The lowest BCUT2D eigenvalue weighted by atomic mass is 10.1. The van der Waals surface area contributed by atoms with Crippen LogP contribution in [0.4, 0.5) is 4.39 Å². The van der Waals surface area contributed by atoms with E-state index in [4.69, 9.17) is 4.99 Å². The van der Waals surface area contributed by atoms with Gasteiger partial charge in [-0.1, -0.05) is 54.2 Å². The van der Waals surface area contributed by atoms with Crippen molar-refractivity contribution in [3.8, 4) is 0 Å². The van der Waals surface area contributed by atoms with Crippen LogP contribution >= 0.6 is 11.8 Å². The summed E-state index contributed by atoms with van der Waals surface area (Å²) in [6.45, 7) is 0. The number of fused-ring (bicyclic) bond motifs is 2. The topological polar surface area (TPSA) is 70.0 Å². The predicted octanol–water partition coefficient (Wildman–Crippen LogP) is 2.30. The molecule has 0 bridgehead atoms. The van der Waals surface area contributed by atoms with Gasteiger partial charge >= 0.3 is 0 Å². The summed E-state index contributed by atoms with van der Waals surface area (Å²) in [4.78, 5) is 22.0. The standard InChI is InChI=1S/C22H16FN5OS/c23-17-9-3-1-6-15(17)13-30-22-26-21(29)19-16-8-2-4-10-18(16)25-20(28(19)27-22)14-7-5-11-24-12-14/h1-12,20H,13H2,(H,26,27,29). The van der Waals surface area contributed by atoms with Gasteiger partial charge in [0.2, 0.25) is 0 Å². The van der Waals surface area contributed by atoms with Gasteiger partial charge in [-0.15, -0.1) is 5.10 Å². The number of carbonyl (C=O) groups excluding carboxylic acids is 1. The van der Waals surface area contributed by atoms with Crippen molar-refractivity contribution in [2.75, 3.05) is 0 Å². The minimum Gasteiger partial charge on any atom is -0.298 e. The molecule has 1 atom stereocenters. The Morgan fingerprint density at radius 2 is 1.90 bits per heavy atom. The molecule has 1 N–H and O–H groups in total. The molecule has 3 heterocycles. The smallest absolute Gasteiger partial charge is 0.276 e. The van der Waals surface area contributed by atoms with E-state index in [0.717, 1.165) is 16.1 Å². The summed E-state index contributed by atoms with van der Waals surface area (Å²) in [6.07, 6.45) is 2.89. The Labute approximate surface area is 175 Å². The molecular formula is C22H16FN5OS. The van der Waals surface area contributed by atoms with Crippen molar-refractivity contribution in [3.05, 3.63) is 101 Å². The number of benzene rings is 2. The zero-order valence-corrected chi connectivity index (χ0v) is 16.5. The molecule has 1 aromatic heterocycles. The monoisotopic (exact) mass is 417 g/mol. The summed E-state index contributed by atoms with van der Waals surface area (Å²) in [5.74, 6) is -0.201. The van der Waals surface area contributed by atoms with Gasteiger partial charge in [-0.05, 0) is 23.8 Å². The fourth-order valence-corrected chi connectivity index (χ4v) is 4.24. The molecule has 1 amide bonds. The zero-order valence-electron chi connectivity index (χ0n) is 15.7. The van der Waals surface area contributed by atoms with E-state index in [1.54, 1.807) is 35.6 Å². The molecule has 2 aromatic carbocycles. The highest BCUT2D eigenvalue weighted by atomic mass is 32.2. The van der Waals surface area contributed by atoms with Gasteiger partial charge in [-0.25, -0.2) is 9.40 Å². The first-order valence-corrected chi connectivity index (χ1v) is 10.3. The van der Waals surface area contributed by atoms with Crippen molar-refractivity contribution in [2.24, 2.45) is 10.1 Å². The number of aromatic nitrogens is 1. The third-order valence-corrected chi connectivity index (χ3v) is 5.73. The molecule has 0 fully saturated rings. The minimum atomic E-state index is -0.515. The second kappa shape index (κ2) is 7.72. The number of amides is 1. The van der Waals surface area contributed by atoms with Gasteiger partial charge in [-0.3, -0.25) is 20.1 Å². The largest absolute Gasteiger partial charge is 0.298 e. The average Bonchev–Trinajstić information content (AvgIpc) is 2.78. The number of amidine groups is 1. The van der Waals surface area contributed by atoms with E-state index < -0.39 is 6.17 Å². The number of nitrogens with one attached hydrogen (secondary N) is 1. The number of nitrogens with zero attached hydrogens (tertiary/aromatic N) is 4. The maximum Gasteiger partial charge on any atom is 0.276 e. The van der Waals surface area contributed by atoms with Crippen molar-refractivity contribution < 1.29 is 9.18 Å². The van der Waals surface area contributed by atoms with E-state index in [-0.39, 0.29) is 11.7 Å². The molecular weight excluding hydrogens is 401 g/mol. The highest BCUT2D eigenvalue weighted by Crippen LogP contribution is 2.30. The minimum absolute atomic E-state index is 0.266. The lowest BCUT2D eigenvalue weighted by Gasteiger charge is -2.33. The van der Waals surface area contributed by atoms with Crippen LogP contribution in [0.25, 0.3) is 5.70 Å². The number of hydrogen-bond donors (Lipinski definition) is 1. The van der Waals surface area contributed by atoms with Crippen LogP contribution < -0.4 is 15.9 Å². The Hall–Kier alpha value is -3.52. The van der Waals surface area contributed by atoms with Gasteiger partial charge in [0.1, 0.15) is 11.5 Å². The van der Waals surface area contributed by atoms with Crippen molar-refractivity contribution in [3.63, 3.8) is 0 Å². The first kappa shape index (κ1) is 18.5. The molecule has 0 spiro atoms. The van der Waals surface area contributed by atoms with Gasteiger partial charge in [-0.2, -0.15) is 0 Å². The number of halogens is 1. The summed E-state index contributed by atoms with van der Waals surface area (Å²) in [5.41, 5.74) is 1.80. The molecule has 5 rings (SSSR count). The van der Waals surface area contributed by atoms with Crippen LogP contribution in [0.3, 0.4) is 0 Å².